The molecule has 0 radical (unpaired) electrons. The van der Waals surface area contributed by atoms with Crippen LogP contribution in [0.3, 0.4) is 0 Å². The molecule has 2 aromatic rings. The van der Waals surface area contributed by atoms with Gasteiger partial charge in [-0.05, 0) is 29.3 Å². The number of likely N-dealkylation sites (N-methyl/N-ethyl adjacent to an activating group) is 1. The highest BCUT2D eigenvalue weighted by atomic mass is 16.7. The van der Waals surface area contributed by atoms with Crippen LogP contribution in [-0.2, 0) is 25.1 Å². The average Bonchev–Trinajstić information content (AvgIpc) is 3.12. The first-order chi connectivity index (χ1) is 13.0. The maximum atomic E-state index is 12.0. The van der Waals surface area contributed by atoms with Crippen LogP contribution >= 0.6 is 0 Å². The van der Waals surface area contributed by atoms with E-state index in [1.807, 2.05) is 24.3 Å². The van der Waals surface area contributed by atoms with Crippen molar-refractivity contribution in [1.29, 1.82) is 0 Å². The Kier molecular flexibility index (Phi) is 3.42. The summed E-state index contributed by atoms with van der Waals surface area (Å²) < 4.78 is 22.8. The van der Waals surface area contributed by atoms with Gasteiger partial charge in [-0.3, -0.25) is 4.48 Å². The zero-order valence-electron chi connectivity index (χ0n) is 15.9. The lowest BCUT2D eigenvalue weighted by Gasteiger charge is -2.54. The lowest BCUT2D eigenvalue weighted by Crippen LogP contribution is -2.65. The van der Waals surface area contributed by atoms with Crippen LogP contribution in [0.25, 0.3) is 0 Å². The van der Waals surface area contributed by atoms with Crippen molar-refractivity contribution in [2.24, 2.45) is 0 Å². The number of hydrogen-bond acceptors (Lipinski definition) is 5. The van der Waals surface area contributed by atoms with E-state index < -0.39 is 5.72 Å². The molecule has 3 heterocycles. The van der Waals surface area contributed by atoms with E-state index in [0.717, 1.165) is 52.5 Å². The van der Waals surface area contributed by atoms with Gasteiger partial charge in [0.2, 0.25) is 12.5 Å². The number of rotatable bonds is 2. The number of nitrogens with zero attached hydrogens (tertiary/aromatic N) is 1. The minimum absolute atomic E-state index is 0.239. The normalized spacial score (nSPS) is 27.4. The van der Waals surface area contributed by atoms with Crippen molar-refractivity contribution in [2.45, 2.75) is 25.1 Å². The number of hydrogen-bond donors (Lipinski definition) is 1. The van der Waals surface area contributed by atoms with E-state index in [1.54, 1.807) is 14.2 Å². The minimum atomic E-state index is -1.01. The van der Waals surface area contributed by atoms with E-state index in [2.05, 4.69) is 7.05 Å². The second-order valence-corrected chi connectivity index (χ2v) is 7.82. The summed E-state index contributed by atoms with van der Waals surface area (Å²) in [6.45, 7) is 1.76. The van der Waals surface area contributed by atoms with E-state index in [1.165, 1.54) is 0 Å². The lowest BCUT2D eigenvalue weighted by molar-refractivity contribution is -1.01. The van der Waals surface area contributed by atoms with Crippen molar-refractivity contribution < 1.29 is 28.5 Å². The molecule has 0 saturated heterocycles. The maximum absolute atomic E-state index is 12.0. The molecule has 6 heteroatoms. The van der Waals surface area contributed by atoms with Crippen LogP contribution in [0.1, 0.15) is 22.3 Å². The van der Waals surface area contributed by atoms with Crippen molar-refractivity contribution in [3.8, 4) is 23.0 Å². The van der Waals surface area contributed by atoms with Gasteiger partial charge in [0.1, 0.15) is 6.54 Å². The Labute approximate surface area is 158 Å². The standard InChI is InChI=1S/C21H24NO5/c1-22-7-6-13-8-18-19(27-12-26-18)9-16(13)21(22,23)10-14-4-5-17(24-2)20(25-3)15(14)11-22/h4-5,8-9,23H,6-7,10-12H2,1-3H3/q+1/t21-,22+/m1/s1. The van der Waals surface area contributed by atoms with Gasteiger partial charge >= 0.3 is 0 Å². The summed E-state index contributed by atoms with van der Waals surface area (Å²) in [7, 11) is 5.44. The molecule has 3 aliphatic rings. The Bertz CT molecular complexity index is 943. The molecule has 142 valence electrons. The van der Waals surface area contributed by atoms with Crippen molar-refractivity contribution >= 4 is 0 Å². The van der Waals surface area contributed by atoms with Gasteiger partial charge in [-0.1, -0.05) is 6.07 Å². The summed E-state index contributed by atoms with van der Waals surface area (Å²) in [5, 5.41) is 12.0. The Morgan fingerprint density at radius 3 is 2.59 bits per heavy atom. The quantitative estimate of drug-likeness (QED) is 0.823. The van der Waals surface area contributed by atoms with Crippen LogP contribution in [0.15, 0.2) is 24.3 Å². The molecule has 6 nitrogen and oxygen atoms in total. The molecule has 3 aliphatic heterocycles. The predicted octanol–water partition coefficient (Wildman–Crippen LogP) is 2.34. The molecule has 0 fully saturated rings. The molecule has 27 heavy (non-hydrogen) atoms. The summed E-state index contributed by atoms with van der Waals surface area (Å²) in [4.78, 5) is 0. The highest BCUT2D eigenvalue weighted by Gasteiger charge is 2.56. The van der Waals surface area contributed by atoms with Gasteiger partial charge in [0.25, 0.3) is 0 Å². The number of aliphatic hydroxyl groups is 1. The summed E-state index contributed by atoms with van der Waals surface area (Å²) in [6, 6.07) is 7.96. The molecule has 0 spiro atoms. The number of ether oxygens (including phenoxy) is 4. The molecule has 0 aliphatic carbocycles. The number of methoxy groups -OCH3 is 2. The van der Waals surface area contributed by atoms with Crippen LogP contribution in [0.2, 0.25) is 0 Å². The summed E-state index contributed by atoms with van der Waals surface area (Å²) in [6.07, 6.45) is 1.40. The van der Waals surface area contributed by atoms with Crippen molar-refractivity contribution in [2.75, 3.05) is 34.6 Å². The van der Waals surface area contributed by atoms with Gasteiger partial charge in [-0.2, -0.15) is 0 Å². The summed E-state index contributed by atoms with van der Waals surface area (Å²) in [5.41, 5.74) is 3.29. The van der Waals surface area contributed by atoms with E-state index in [0.29, 0.717) is 23.2 Å². The van der Waals surface area contributed by atoms with Crippen LogP contribution in [-0.4, -0.2) is 44.2 Å². The van der Waals surface area contributed by atoms with Gasteiger partial charge < -0.3 is 24.1 Å². The molecule has 2 aromatic carbocycles. The van der Waals surface area contributed by atoms with E-state index in [9.17, 15) is 5.11 Å². The molecule has 0 saturated carbocycles. The fourth-order valence-electron chi connectivity index (χ4n) is 4.89. The fourth-order valence-corrected chi connectivity index (χ4v) is 4.89. The number of fused-ring (bicyclic) bond motifs is 5. The van der Waals surface area contributed by atoms with E-state index >= 15 is 0 Å². The Balaban J connectivity index is 1.68. The van der Waals surface area contributed by atoms with Crippen LogP contribution in [0, 0.1) is 0 Å². The zero-order chi connectivity index (χ0) is 18.8. The van der Waals surface area contributed by atoms with Crippen molar-refractivity contribution in [1.82, 2.24) is 0 Å². The number of benzene rings is 2. The van der Waals surface area contributed by atoms with Gasteiger partial charge in [-0.25, -0.2) is 0 Å². The maximum Gasteiger partial charge on any atom is 0.232 e. The third-order valence-electron chi connectivity index (χ3n) is 6.49. The first-order valence-electron chi connectivity index (χ1n) is 9.22. The van der Waals surface area contributed by atoms with Crippen LogP contribution < -0.4 is 18.9 Å². The predicted molar refractivity (Wildman–Crippen MR) is 98.2 cm³/mol. The van der Waals surface area contributed by atoms with E-state index in [-0.39, 0.29) is 6.79 Å². The smallest absolute Gasteiger partial charge is 0.232 e. The Morgan fingerprint density at radius 1 is 1.07 bits per heavy atom. The topological polar surface area (TPSA) is 57.2 Å². The second-order valence-electron chi connectivity index (χ2n) is 7.82. The van der Waals surface area contributed by atoms with Crippen molar-refractivity contribution in [3.05, 3.63) is 46.5 Å². The second kappa shape index (κ2) is 5.53. The molecule has 0 aromatic heterocycles. The fraction of sp³-hybridized carbons (Fsp3) is 0.429. The third kappa shape index (κ3) is 2.14. The highest BCUT2D eigenvalue weighted by Crippen LogP contribution is 2.51. The molecular formula is C21H24NO5+. The van der Waals surface area contributed by atoms with Crippen molar-refractivity contribution in [3.63, 3.8) is 0 Å². The summed E-state index contributed by atoms with van der Waals surface area (Å²) in [5.74, 6) is 2.99. The molecule has 1 N–H and O–H groups in total. The monoisotopic (exact) mass is 370 g/mol. The highest BCUT2D eigenvalue weighted by molar-refractivity contribution is 5.54. The third-order valence-corrected chi connectivity index (χ3v) is 6.49. The molecule has 0 amide bonds. The average molecular weight is 370 g/mol. The number of quaternary nitrogens is 1. The summed E-state index contributed by atoms with van der Waals surface area (Å²) >= 11 is 0. The minimum Gasteiger partial charge on any atom is -0.493 e. The van der Waals surface area contributed by atoms with Gasteiger partial charge in [0, 0.05) is 12.0 Å². The molecular weight excluding hydrogens is 346 g/mol. The Morgan fingerprint density at radius 2 is 1.85 bits per heavy atom. The van der Waals surface area contributed by atoms with E-state index in [4.69, 9.17) is 18.9 Å². The lowest BCUT2D eigenvalue weighted by atomic mass is 9.78. The largest absolute Gasteiger partial charge is 0.493 e. The van der Waals surface area contributed by atoms with Gasteiger partial charge in [0.05, 0.1) is 39.8 Å². The van der Waals surface area contributed by atoms with Crippen LogP contribution in [0.4, 0.5) is 0 Å². The first-order valence-corrected chi connectivity index (χ1v) is 9.22. The molecule has 2 atom stereocenters. The molecule has 0 unspecified atom stereocenters. The Hall–Kier alpha value is -2.44. The molecule has 0 bridgehead atoms. The van der Waals surface area contributed by atoms with Gasteiger partial charge in [-0.15, -0.1) is 0 Å². The molecule has 5 rings (SSSR count). The SMILES string of the molecule is COc1ccc2c(c1OC)C[N@+]1(C)CCc3cc4c(cc3[C@]1(O)C2)OCO4. The zero-order valence-corrected chi connectivity index (χ0v) is 15.9. The van der Waals surface area contributed by atoms with Gasteiger partial charge in [0.15, 0.2) is 23.0 Å². The van der Waals surface area contributed by atoms with Crippen LogP contribution in [0.5, 0.6) is 23.0 Å². The first kappa shape index (κ1) is 16.7.